The Hall–Kier alpha value is -2.55. The van der Waals surface area contributed by atoms with Crippen molar-refractivity contribution in [3.05, 3.63) is 70.8 Å². The quantitative estimate of drug-likeness (QED) is 0.687. The Kier molecular flexibility index (Phi) is 6.71. The largest absolute Gasteiger partial charge is 0.507 e. The van der Waals surface area contributed by atoms with Gasteiger partial charge in [-0.15, -0.1) is 0 Å². The molecule has 28 heavy (non-hydrogen) atoms. The van der Waals surface area contributed by atoms with Gasteiger partial charge in [-0.1, -0.05) is 84.0 Å². The second-order valence-electron chi connectivity index (χ2n) is 9.32. The third kappa shape index (κ3) is 5.98. The van der Waals surface area contributed by atoms with E-state index in [9.17, 15) is 9.90 Å². The van der Waals surface area contributed by atoms with Gasteiger partial charge in [0.15, 0.2) is 0 Å². The predicted molar refractivity (Wildman–Crippen MR) is 118 cm³/mol. The molecule has 3 heteroatoms. The molecule has 2 N–H and O–H groups in total. The lowest BCUT2D eigenvalue weighted by atomic mass is 9.78. The first-order valence-electron chi connectivity index (χ1n) is 9.86. The van der Waals surface area contributed by atoms with Gasteiger partial charge < -0.3 is 10.4 Å². The number of benzene rings is 2. The van der Waals surface area contributed by atoms with Crippen LogP contribution in [0.5, 0.6) is 5.75 Å². The summed E-state index contributed by atoms with van der Waals surface area (Å²) in [5, 5.41) is 13.7. The van der Waals surface area contributed by atoms with Crippen molar-refractivity contribution in [3.63, 3.8) is 0 Å². The molecule has 0 saturated carbocycles. The number of carbonyl (C=O) groups excluding carboxylic acids is 1. The minimum absolute atomic E-state index is 0.102. The molecular weight excluding hydrogens is 346 g/mol. The van der Waals surface area contributed by atoms with E-state index >= 15 is 0 Å². The first kappa shape index (κ1) is 21.7. The van der Waals surface area contributed by atoms with Crippen LogP contribution in [0.1, 0.15) is 63.8 Å². The minimum atomic E-state index is -0.151. The second-order valence-corrected chi connectivity index (χ2v) is 9.32. The summed E-state index contributed by atoms with van der Waals surface area (Å²) in [6, 6.07) is 13.9. The van der Waals surface area contributed by atoms with E-state index in [0.29, 0.717) is 12.3 Å². The van der Waals surface area contributed by atoms with E-state index < -0.39 is 0 Å². The fourth-order valence-electron chi connectivity index (χ4n) is 3.11. The number of nitrogens with one attached hydrogen (secondary N) is 1. The molecule has 0 fully saturated rings. The molecule has 2 rings (SSSR count). The molecule has 0 unspecified atom stereocenters. The third-order valence-corrected chi connectivity index (χ3v) is 4.73. The summed E-state index contributed by atoms with van der Waals surface area (Å²) in [6.45, 7) is 13.2. The normalized spacial score (nSPS) is 12.4. The van der Waals surface area contributed by atoms with Gasteiger partial charge in [-0.3, -0.25) is 4.79 Å². The third-order valence-electron chi connectivity index (χ3n) is 4.73. The van der Waals surface area contributed by atoms with Gasteiger partial charge in [0.2, 0.25) is 5.91 Å². The highest BCUT2D eigenvalue weighted by Gasteiger charge is 2.26. The van der Waals surface area contributed by atoms with Crippen molar-refractivity contribution in [2.45, 2.75) is 58.8 Å². The zero-order chi connectivity index (χ0) is 20.9. The molecule has 1 amide bonds. The lowest BCUT2D eigenvalue weighted by Gasteiger charge is -2.28. The summed E-state index contributed by atoms with van der Waals surface area (Å²) in [6.07, 6.45) is 4.09. The van der Waals surface area contributed by atoms with Crippen molar-refractivity contribution in [2.24, 2.45) is 0 Å². The van der Waals surface area contributed by atoms with Gasteiger partial charge in [-0.2, -0.15) is 0 Å². The van der Waals surface area contributed by atoms with Crippen LogP contribution < -0.4 is 5.32 Å². The Bertz CT molecular complexity index is 802. The molecule has 3 nitrogen and oxygen atoms in total. The van der Waals surface area contributed by atoms with Crippen LogP contribution in [-0.2, 0) is 22.0 Å². The van der Waals surface area contributed by atoms with Gasteiger partial charge in [0.05, 0.1) is 0 Å². The molecular formula is C25H33NO2. The Labute approximate surface area is 169 Å². The summed E-state index contributed by atoms with van der Waals surface area (Å²) >= 11 is 0. The number of aromatic hydroxyl groups is 1. The van der Waals surface area contributed by atoms with Crippen molar-refractivity contribution >= 4 is 12.0 Å². The summed E-state index contributed by atoms with van der Waals surface area (Å²) in [4.78, 5) is 12.1. The summed E-state index contributed by atoms with van der Waals surface area (Å²) in [5.41, 5.74) is 3.72. The molecule has 150 valence electrons. The first-order valence-corrected chi connectivity index (χ1v) is 9.86. The zero-order valence-electron chi connectivity index (χ0n) is 18.0. The summed E-state index contributed by atoms with van der Waals surface area (Å²) < 4.78 is 0. The van der Waals surface area contributed by atoms with Crippen molar-refractivity contribution in [1.82, 2.24) is 5.32 Å². The van der Waals surface area contributed by atoms with Gasteiger partial charge in [0.25, 0.3) is 0 Å². The molecule has 0 bridgehead atoms. The van der Waals surface area contributed by atoms with E-state index in [2.05, 4.69) is 59.0 Å². The second kappa shape index (κ2) is 8.64. The molecule has 0 aliphatic rings. The van der Waals surface area contributed by atoms with Gasteiger partial charge in [0, 0.05) is 12.6 Å². The van der Waals surface area contributed by atoms with E-state index in [-0.39, 0.29) is 16.7 Å². The van der Waals surface area contributed by atoms with Gasteiger partial charge in [0.1, 0.15) is 5.75 Å². The molecule has 2 aromatic carbocycles. The van der Waals surface area contributed by atoms with E-state index in [1.54, 1.807) is 6.08 Å². The van der Waals surface area contributed by atoms with E-state index in [0.717, 1.165) is 28.7 Å². The van der Waals surface area contributed by atoms with Crippen LogP contribution in [0, 0.1) is 0 Å². The standard InChI is InChI=1S/C25H33NO2/c1-24(2,3)20-16-19(17-21(23(20)28)25(4,5)6)14-15-26-22(27)13-12-18-10-8-7-9-11-18/h7-13,16-17,28H,14-15H2,1-6H3,(H,26,27). The smallest absolute Gasteiger partial charge is 0.244 e. The topological polar surface area (TPSA) is 49.3 Å². The molecule has 0 aliphatic heterocycles. The maximum Gasteiger partial charge on any atom is 0.244 e. The SMILES string of the molecule is CC(C)(C)c1cc(CCNC(=O)C=Cc2ccccc2)cc(C(C)(C)C)c1O. The maximum absolute atomic E-state index is 12.1. The van der Waals surface area contributed by atoms with Crippen LogP contribution in [-0.4, -0.2) is 17.6 Å². The maximum atomic E-state index is 12.1. The average Bonchev–Trinajstić information content (AvgIpc) is 2.60. The lowest BCUT2D eigenvalue weighted by molar-refractivity contribution is -0.116. The number of carbonyl (C=O) groups is 1. The van der Waals surface area contributed by atoms with Crippen molar-refractivity contribution in [2.75, 3.05) is 6.54 Å². The average molecular weight is 380 g/mol. The van der Waals surface area contributed by atoms with Crippen molar-refractivity contribution in [1.29, 1.82) is 0 Å². The van der Waals surface area contributed by atoms with Gasteiger partial charge >= 0.3 is 0 Å². The highest BCUT2D eigenvalue weighted by molar-refractivity contribution is 5.91. The fraction of sp³-hybridized carbons (Fsp3) is 0.400. The number of phenols is 1. The monoisotopic (exact) mass is 379 g/mol. The molecule has 0 spiro atoms. The zero-order valence-corrected chi connectivity index (χ0v) is 18.0. The Morgan fingerprint density at radius 3 is 2.00 bits per heavy atom. The minimum Gasteiger partial charge on any atom is -0.507 e. The first-order chi connectivity index (χ1) is 13.0. The van der Waals surface area contributed by atoms with Crippen LogP contribution in [0.2, 0.25) is 0 Å². The highest BCUT2D eigenvalue weighted by atomic mass is 16.3. The van der Waals surface area contributed by atoms with Crippen LogP contribution in [0.3, 0.4) is 0 Å². The predicted octanol–water partition coefficient (Wildman–Crippen LogP) is 5.36. The number of amides is 1. The Balaban J connectivity index is 2.09. The number of phenolic OH excluding ortho intramolecular Hbond substituents is 1. The summed E-state index contributed by atoms with van der Waals surface area (Å²) in [5.74, 6) is 0.285. The van der Waals surface area contributed by atoms with E-state index in [1.807, 2.05) is 36.4 Å². The fourth-order valence-corrected chi connectivity index (χ4v) is 3.11. The van der Waals surface area contributed by atoms with Crippen molar-refractivity contribution in [3.8, 4) is 5.75 Å². The van der Waals surface area contributed by atoms with Gasteiger partial charge in [-0.05, 0) is 45.6 Å². The van der Waals surface area contributed by atoms with Crippen molar-refractivity contribution < 1.29 is 9.90 Å². The van der Waals surface area contributed by atoms with E-state index in [1.165, 1.54) is 0 Å². The Morgan fingerprint density at radius 2 is 1.50 bits per heavy atom. The molecule has 0 heterocycles. The number of hydrogen-bond acceptors (Lipinski definition) is 2. The van der Waals surface area contributed by atoms with Crippen LogP contribution in [0.4, 0.5) is 0 Å². The van der Waals surface area contributed by atoms with Crippen LogP contribution >= 0.6 is 0 Å². The molecule has 0 aliphatic carbocycles. The van der Waals surface area contributed by atoms with E-state index in [4.69, 9.17) is 0 Å². The Morgan fingerprint density at radius 1 is 0.964 bits per heavy atom. The molecule has 0 radical (unpaired) electrons. The van der Waals surface area contributed by atoms with Crippen LogP contribution in [0.25, 0.3) is 6.08 Å². The number of hydrogen-bond donors (Lipinski definition) is 2. The highest BCUT2D eigenvalue weighted by Crippen LogP contribution is 2.39. The molecule has 0 saturated heterocycles. The molecule has 2 aromatic rings. The number of rotatable bonds is 5. The summed E-state index contributed by atoms with van der Waals surface area (Å²) in [7, 11) is 0. The molecule has 0 atom stereocenters. The molecule has 0 aromatic heterocycles. The van der Waals surface area contributed by atoms with Crippen LogP contribution in [0.15, 0.2) is 48.5 Å². The lowest BCUT2D eigenvalue weighted by Crippen LogP contribution is -2.24. The van der Waals surface area contributed by atoms with Gasteiger partial charge in [-0.25, -0.2) is 0 Å².